The molecular formula is C29H27N5O. The normalized spacial score (nSPS) is 18.1. The lowest BCUT2D eigenvalue weighted by Gasteiger charge is -2.17. The minimum atomic E-state index is 0.291. The van der Waals surface area contributed by atoms with Crippen LogP contribution in [-0.4, -0.2) is 43.4 Å². The Bertz CT molecular complexity index is 1540. The Labute approximate surface area is 203 Å². The Balaban J connectivity index is 1.19. The first kappa shape index (κ1) is 20.4. The molecule has 6 heteroatoms. The number of likely N-dealkylation sites (tertiary alicyclic amines) is 1. The molecule has 3 aromatic heterocycles. The van der Waals surface area contributed by atoms with E-state index in [1.807, 2.05) is 12.3 Å². The lowest BCUT2D eigenvalue weighted by molar-refractivity contribution is -0.131. The van der Waals surface area contributed by atoms with Gasteiger partial charge in [-0.05, 0) is 72.0 Å². The number of H-pyrrole nitrogens is 1. The summed E-state index contributed by atoms with van der Waals surface area (Å²) in [5, 5.41) is 1.21. The maximum Gasteiger partial charge on any atom is 0.225 e. The van der Waals surface area contributed by atoms with Crippen LogP contribution in [0.2, 0.25) is 0 Å². The quantitative estimate of drug-likeness (QED) is 0.376. The van der Waals surface area contributed by atoms with Crippen molar-refractivity contribution in [2.45, 2.75) is 25.8 Å². The molecule has 1 aliphatic carbocycles. The van der Waals surface area contributed by atoms with Crippen molar-refractivity contribution in [1.82, 2.24) is 24.4 Å². The number of aromatic amines is 1. The zero-order chi connectivity index (χ0) is 23.4. The fourth-order valence-electron chi connectivity index (χ4n) is 5.44. The zero-order valence-electron chi connectivity index (χ0n) is 19.5. The fraction of sp³-hybridized carbons (Fsp3) is 0.276. The van der Waals surface area contributed by atoms with Crippen molar-refractivity contribution in [3.8, 4) is 22.5 Å². The molecule has 1 saturated carbocycles. The largest absolute Gasteiger partial charge is 0.361 e. The minimum absolute atomic E-state index is 0.291. The van der Waals surface area contributed by atoms with E-state index >= 15 is 0 Å². The van der Waals surface area contributed by atoms with Crippen molar-refractivity contribution in [3.63, 3.8) is 0 Å². The molecule has 6 nitrogen and oxygen atoms in total. The molecule has 1 N–H and O–H groups in total. The van der Waals surface area contributed by atoms with Gasteiger partial charge in [-0.25, -0.2) is 9.97 Å². The topological polar surface area (TPSA) is 66.8 Å². The predicted molar refractivity (Wildman–Crippen MR) is 138 cm³/mol. The molecule has 0 radical (unpaired) electrons. The van der Waals surface area contributed by atoms with Crippen LogP contribution in [0.25, 0.3) is 44.6 Å². The summed E-state index contributed by atoms with van der Waals surface area (Å²) in [5.74, 6) is 2.03. The summed E-state index contributed by atoms with van der Waals surface area (Å²) >= 11 is 0. The number of carbonyl (C=O) groups is 1. The summed E-state index contributed by atoms with van der Waals surface area (Å²) < 4.78 is 2.30. The molecule has 35 heavy (non-hydrogen) atoms. The molecule has 2 aromatic carbocycles. The summed E-state index contributed by atoms with van der Waals surface area (Å²) in [5.41, 5.74) is 6.44. The van der Waals surface area contributed by atoms with E-state index in [0.717, 1.165) is 67.0 Å². The van der Waals surface area contributed by atoms with E-state index in [4.69, 9.17) is 4.98 Å². The van der Waals surface area contributed by atoms with E-state index in [-0.39, 0.29) is 0 Å². The third kappa shape index (κ3) is 3.70. The number of amides is 1. The molecule has 1 atom stereocenters. The van der Waals surface area contributed by atoms with Gasteiger partial charge in [-0.1, -0.05) is 30.3 Å². The second kappa shape index (κ2) is 8.08. The number of rotatable bonds is 5. The molecule has 2 fully saturated rings. The van der Waals surface area contributed by atoms with Gasteiger partial charge in [-0.15, -0.1) is 0 Å². The van der Waals surface area contributed by atoms with E-state index in [2.05, 4.69) is 74.0 Å². The standard InChI is InChI=1S/C29H27N5O/c35-29(22-7-8-22)33-15-12-19(17-33)18-34-26-2-1-13-31-27(26)32-28(34)21-5-3-20(4-6-21)23-9-10-25-24(16-23)11-14-30-25/h1-6,9-11,13-14,16,19,22,30H,7-8,12,15,17-18H2. The third-order valence-corrected chi connectivity index (χ3v) is 7.52. The van der Waals surface area contributed by atoms with Crippen LogP contribution in [0.15, 0.2) is 73.1 Å². The lowest BCUT2D eigenvalue weighted by Crippen LogP contribution is -2.30. The summed E-state index contributed by atoms with van der Waals surface area (Å²) in [7, 11) is 0. The van der Waals surface area contributed by atoms with Gasteiger partial charge in [0.25, 0.3) is 0 Å². The van der Waals surface area contributed by atoms with Gasteiger partial charge in [0.05, 0.1) is 5.52 Å². The van der Waals surface area contributed by atoms with Crippen molar-refractivity contribution in [3.05, 3.63) is 73.1 Å². The Morgan fingerprint density at radius 1 is 0.971 bits per heavy atom. The molecule has 1 amide bonds. The first-order chi connectivity index (χ1) is 17.2. The van der Waals surface area contributed by atoms with Gasteiger partial charge in [0.2, 0.25) is 5.91 Å². The molecule has 5 aromatic rings. The molecule has 0 bridgehead atoms. The maximum atomic E-state index is 12.6. The molecule has 1 aliphatic heterocycles. The van der Waals surface area contributed by atoms with Crippen molar-refractivity contribution >= 4 is 28.0 Å². The van der Waals surface area contributed by atoms with Crippen molar-refractivity contribution in [1.29, 1.82) is 0 Å². The average molecular weight is 462 g/mol. The molecule has 1 unspecified atom stereocenters. The van der Waals surface area contributed by atoms with Crippen LogP contribution in [0, 0.1) is 11.8 Å². The summed E-state index contributed by atoms with van der Waals surface area (Å²) in [6.07, 6.45) is 6.95. The highest BCUT2D eigenvalue weighted by Gasteiger charge is 2.36. The van der Waals surface area contributed by atoms with Gasteiger partial charge in [0.1, 0.15) is 5.82 Å². The van der Waals surface area contributed by atoms with E-state index in [1.165, 1.54) is 16.5 Å². The van der Waals surface area contributed by atoms with Crippen molar-refractivity contribution in [2.75, 3.05) is 13.1 Å². The monoisotopic (exact) mass is 461 g/mol. The van der Waals surface area contributed by atoms with E-state index in [9.17, 15) is 4.79 Å². The number of pyridine rings is 1. The van der Waals surface area contributed by atoms with Crippen LogP contribution in [0.5, 0.6) is 0 Å². The number of fused-ring (bicyclic) bond motifs is 2. The average Bonchev–Trinajstić information content (AvgIpc) is 3.30. The van der Waals surface area contributed by atoms with Crippen molar-refractivity contribution in [2.24, 2.45) is 11.8 Å². The molecule has 0 spiro atoms. The summed E-state index contributed by atoms with van der Waals surface area (Å²) in [6, 6.07) is 21.3. The highest BCUT2D eigenvalue weighted by molar-refractivity contribution is 5.85. The number of imidazole rings is 1. The lowest BCUT2D eigenvalue weighted by atomic mass is 10.0. The molecule has 7 rings (SSSR count). The Kier molecular flexibility index (Phi) is 4.72. The molecule has 1 saturated heterocycles. The Hall–Kier alpha value is -3.93. The van der Waals surface area contributed by atoms with Crippen LogP contribution in [0.4, 0.5) is 0 Å². The van der Waals surface area contributed by atoms with Crippen LogP contribution in [0.3, 0.4) is 0 Å². The Morgan fingerprint density at radius 2 is 1.80 bits per heavy atom. The zero-order valence-corrected chi connectivity index (χ0v) is 19.5. The second-order valence-corrected chi connectivity index (χ2v) is 9.96. The maximum absolute atomic E-state index is 12.6. The molecule has 4 heterocycles. The second-order valence-electron chi connectivity index (χ2n) is 9.96. The summed E-state index contributed by atoms with van der Waals surface area (Å²) in [6.45, 7) is 2.56. The smallest absolute Gasteiger partial charge is 0.225 e. The number of benzene rings is 2. The summed E-state index contributed by atoms with van der Waals surface area (Å²) in [4.78, 5) is 27.3. The molecular weight excluding hydrogens is 434 g/mol. The van der Waals surface area contributed by atoms with Gasteiger partial charge < -0.3 is 14.5 Å². The SMILES string of the molecule is O=C(C1CC1)N1CCC(Cn2c(-c3ccc(-c4ccc5[nH]ccc5c4)cc3)nc3ncccc32)C1. The number of nitrogens with zero attached hydrogens (tertiary/aromatic N) is 4. The molecule has 2 aliphatic rings. The number of nitrogens with one attached hydrogen (secondary N) is 1. The van der Waals surface area contributed by atoms with E-state index in [1.54, 1.807) is 6.20 Å². The van der Waals surface area contributed by atoms with E-state index in [0.29, 0.717) is 17.7 Å². The van der Waals surface area contributed by atoms with Gasteiger partial charge in [0, 0.05) is 49.0 Å². The minimum Gasteiger partial charge on any atom is -0.361 e. The van der Waals surface area contributed by atoms with Crippen LogP contribution < -0.4 is 0 Å². The van der Waals surface area contributed by atoms with Gasteiger partial charge in [0.15, 0.2) is 5.65 Å². The van der Waals surface area contributed by atoms with E-state index < -0.39 is 0 Å². The van der Waals surface area contributed by atoms with Gasteiger partial charge >= 0.3 is 0 Å². The van der Waals surface area contributed by atoms with Gasteiger partial charge in [-0.2, -0.15) is 0 Å². The molecule has 174 valence electrons. The third-order valence-electron chi connectivity index (χ3n) is 7.52. The Morgan fingerprint density at radius 3 is 2.66 bits per heavy atom. The van der Waals surface area contributed by atoms with Crippen LogP contribution >= 0.6 is 0 Å². The highest BCUT2D eigenvalue weighted by atomic mass is 16.2. The highest BCUT2D eigenvalue weighted by Crippen LogP contribution is 2.34. The first-order valence-electron chi connectivity index (χ1n) is 12.5. The predicted octanol–water partition coefficient (Wildman–Crippen LogP) is 5.51. The number of carbonyl (C=O) groups excluding carboxylic acids is 1. The van der Waals surface area contributed by atoms with Crippen LogP contribution in [-0.2, 0) is 11.3 Å². The fourth-order valence-corrected chi connectivity index (χ4v) is 5.44. The van der Waals surface area contributed by atoms with Crippen molar-refractivity contribution < 1.29 is 4.79 Å². The number of hydrogen-bond acceptors (Lipinski definition) is 3. The van der Waals surface area contributed by atoms with Gasteiger partial charge in [-0.3, -0.25) is 4.79 Å². The number of hydrogen-bond donors (Lipinski definition) is 1. The number of aromatic nitrogens is 4. The first-order valence-corrected chi connectivity index (χ1v) is 12.5. The van der Waals surface area contributed by atoms with Crippen LogP contribution in [0.1, 0.15) is 19.3 Å².